The summed E-state index contributed by atoms with van der Waals surface area (Å²) in [7, 11) is 0. The summed E-state index contributed by atoms with van der Waals surface area (Å²) in [6.45, 7) is 0. The van der Waals surface area contributed by atoms with Crippen LogP contribution in [0.3, 0.4) is 0 Å². The van der Waals surface area contributed by atoms with E-state index < -0.39 is 24.3 Å². The van der Waals surface area contributed by atoms with Crippen LogP contribution in [0.5, 0.6) is 0 Å². The first-order valence-corrected chi connectivity index (χ1v) is 3.81. The minimum absolute atomic E-state index is 0.00958. The second-order valence-corrected chi connectivity index (χ2v) is 3.42. The number of hydrogen-bond acceptors (Lipinski definition) is 1. The van der Waals surface area contributed by atoms with Crippen molar-refractivity contribution in [2.75, 3.05) is 0 Å². The Labute approximate surface area is 67.9 Å². The third-order valence-electron chi connectivity index (χ3n) is 2.17. The van der Waals surface area contributed by atoms with Crippen LogP contribution in [0.25, 0.3) is 0 Å². The van der Waals surface area contributed by atoms with Gasteiger partial charge < -0.3 is 5.73 Å². The average molecular weight is 185 g/mol. The molecular formula is C7H11F4N. The van der Waals surface area contributed by atoms with Crippen LogP contribution in [-0.4, -0.2) is 17.9 Å². The Balaban J connectivity index is 2.30. The van der Waals surface area contributed by atoms with Gasteiger partial charge in [-0.1, -0.05) is 0 Å². The minimum Gasteiger partial charge on any atom is -0.325 e. The van der Waals surface area contributed by atoms with Gasteiger partial charge in [-0.2, -0.15) is 0 Å². The fourth-order valence-electron chi connectivity index (χ4n) is 0.935. The first kappa shape index (κ1) is 9.77. The number of hydrogen-bond donors (Lipinski definition) is 1. The lowest BCUT2D eigenvalue weighted by Gasteiger charge is -2.17. The van der Waals surface area contributed by atoms with Crippen molar-refractivity contribution >= 4 is 0 Å². The van der Waals surface area contributed by atoms with Crippen molar-refractivity contribution in [1.82, 2.24) is 0 Å². The lowest BCUT2D eigenvalue weighted by molar-refractivity contribution is -0.134. The van der Waals surface area contributed by atoms with Crippen molar-refractivity contribution in [3.05, 3.63) is 0 Å². The largest absolute Gasteiger partial charge is 0.325 e. The Hall–Kier alpha value is -0.320. The first-order valence-electron chi connectivity index (χ1n) is 3.81. The lowest BCUT2D eigenvalue weighted by atomic mass is 10.1. The molecule has 1 saturated carbocycles. The molecule has 0 aliphatic heterocycles. The zero-order valence-electron chi connectivity index (χ0n) is 6.49. The molecule has 0 aromatic heterocycles. The molecular weight excluding hydrogens is 174 g/mol. The van der Waals surface area contributed by atoms with Crippen molar-refractivity contribution in [3.8, 4) is 0 Å². The highest BCUT2D eigenvalue weighted by Crippen LogP contribution is 2.40. The van der Waals surface area contributed by atoms with Crippen LogP contribution < -0.4 is 5.73 Å². The van der Waals surface area contributed by atoms with Gasteiger partial charge >= 0.3 is 12.3 Å². The molecule has 0 bridgehead atoms. The molecule has 1 rings (SSSR count). The fraction of sp³-hybridized carbons (Fsp3) is 1.00. The van der Waals surface area contributed by atoms with Gasteiger partial charge in [-0.3, -0.25) is 0 Å². The van der Waals surface area contributed by atoms with Gasteiger partial charge in [0.05, 0.1) is 0 Å². The van der Waals surface area contributed by atoms with Gasteiger partial charge in [-0.15, -0.1) is 0 Å². The van der Waals surface area contributed by atoms with E-state index in [2.05, 4.69) is 0 Å². The quantitative estimate of drug-likeness (QED) is 0.667. The van der Waals surface area contributed by atoms with Gasteiger partial charge in [-0.25, -0.2) is 17.6 Å². The van der Waals surface area contributed by atoms with Crippen LogP contribution in [-0.2, 0) is 0 Å². The molecule has 1 aliphatic carbocycles. The highest BCUT2D eigenvalue weighted by atomic mass is 19.3. The van der Waals surface area contributed by atoms with E-state index in [1.807, 2.05) is 0 Å². The van der Waals surface area contributed by atoms with E-state index in [4.69, 9.17) is 5.73 Å². The average Bonchev–Trinajstić information content (AvgIpc) is 2.66. The van der Waals surface area contributed by atoms with E-state index in [0.29, 0.717) is 12.8 Å². The maximum Gasteiger partial charge on any atom is 0.307 e. The van der Waals surface area contributed by atoms with Crippen molar-refractivity contribution in [3.63, 3.8) is 0 Å². The van der Waals surface area contributed by atoms with Crippen molar-refractivity contribution in [2.45, 2.75) is 43.6 Å². The van der Waals surface area contributed by atoms with Crippen LogP contribution in [0.1, 0.15) is 25.7 Å². The zero-order chi connectivity index (χ0) is 9.41. The zero-order valence-corrected chi connectivity index (χ0v) is 6.49. The van der Waals surface area contributed by atoms with E-state index in [-0.39, 0.29) is 6.42 Å². The molecule has 0 saturated heterocycles. The number of rotatable bonds is 4. The third-order valence-corrected chi connectivity index (χ3v) is 2.17. The van der Waals surface area contributed by atoms with Crippen LogP contribution >= 0.6 is 0 Å². The topological polar surface area (TPSA) is 26.0 Å². The number of nitrogens with two attached hydrogens (primary N) is 1. The van der Waals surface area contributed by atoms with Gasteiger partial charge in [0.15, 0.2) is 0 Å². The standard InChI is InChI=1S/C7H11F4N/c8-5(9)7(10,11)4-3-6(12)1-2-6/h5H,1-4,12H2. The monoisotopic (exact) mass is 185 g/mol. The normalized spacial score (nSPS) is 21.5. The second-order valence-electron chi connectivity index (χ2n) is 3.42. The number of alkyl halides is 4. The van der Waals surface area contributed by atoms with Gasteiger partial charge in [0.25, 0.3) is 0 Å². The molecule has 1 fully saturated rings. The maximum atomic E-state index is 12.3. The van der Waals surface area contributed by atoms with E-state index in [1.54, 1.807) is 0 Å². The molecule has 2 N–H and O–H groups in total. The van der Waals surface area contributed by atoms with Crippen LogP contribution in [0.15, 0.2) is 0 Å². The highest BCUT2D eigenvalue weighted by Gasteiger charge is 2.45. The molecule has 0 radical (unpaired) electrons. The summed E-state index contributed by atoms with van der Waals surface area (Å²) in [5, 5.41) is 0. The van der Waals surface area contributed by atoms with Crippen LogP contribution in [0.4, 0.5) is 17.6 Å². The Morgan fingerprint density at radius 1 is 1.33 bits per heavy atom. The molecule has 0 heterocycles. The molecule has 12 heavy (non-hydrogen) atoms. The predicted octanol–water partition coefficient (Wildman–Crippen LogP) is 2.16. The summed E-state index contributed by atoms with van der Waals surface area (Å²) in [4.78, 5) is 0. The van der Waals surface area contributed by atoms with Gasteiger partial charge in [0, 0.05) is 12.0 Å². The van der Waals surface area contributed by atoms with Crippen molar-refractivity contribution in [1.29, 1.82) is 0 Å². The van der Waals surface area contributed by atoms with Crippen molar-refractivity contribution < 1.29 is 17.6 Å². The van der Waals surface area contributed by atoms with E-state index in [1.165, 1.54) is 0 Å². The van der Waals surface area contributed by atoms with Gasteiger partial charge in [0.1, 0.15) is 0 Å². The number of halogens is 4. The summed E-state index contributed by atoms with van der Waals surface area (Å²) in [5.41, 5.74) is 4.90. The van der Waals surface area contributed by atoms with Gasteiger partial charge in [0.2, 0.25) is 0 Å². The minimum atomic E-state index is -3.87. The third kappa shape index (κ3) is 2.33. The van der Waals surface area contributed by atoms with E-state index in [0.717, 1.165) is 0 Å². The summed E-state index contributed by atoms with van der Waals surface area (Å²) in [5.74, 6) is -3.87. The second kappa shape index (κ2) is 2.87. The molecule has 1 aliphatic rings. The summed E-state index contributed by atoms with van der Waals surface area (Å²) in [6.07, 6.45) is -3.04. The van der Waals surface area contributed by atoms with Crippen LogP contribution in [0.2, 0.25) is 0 Å². The SMILES string of the molecule is NC1(CCC(F)(F)C(F)F)CC1. The summed E-state index contributed by atoms with van der Waals surface area (Å²) >= 11 is 0. The molecule has 0 aromatic carbocycles. The molecule has 0 amide bonds. The van der Waals surface area contributed by atoms with Crippen LogP contribution in [0, 0.1) is 0 Å². The predicted molar refractivity (Wildman–Crippen MR) is 36.3 cm³/mol. The Morgan fingerprint density at radius 2 is 1.83 bits per heavy atom. The Kier molecular flexibility index (Phi) is 2.33. The molecule has 0 spiro atoms. The van der Waals surface area contributed by atoms with E-state index >= 15 is 0 Å². The fourth-order valence-corrected chi connectivity index (χ4v) is 0.935. The summed E-state index contributed by atoms with van der Waals surface area (Å²) in [6, 6.07) is 0. The lowest BCUT2D eigenvalue weighted by Crippen LogP contribution is -2.31. The molecule has 1 nitrogen and oxygen atoms in total. The molecule has 0 atom stereocenters. The molecule has 0 aromatic rings. The molecule has 72 valence electrons. The smallest absolute Gasteiger partial charge is 0.307 e. The Bertz CT molecular complexity index is 165. The van der Waals surface area contributed by atoms with Crippen molar-refractivity contribution in [2.24, 2.45) is 5.73 Å². The summed E-state index contributed by atoms with van der Waals surface area (Å²) < 4.78 is 47.8. The Morgan fingerprint density at radius 3 is 2.17 bits per heavy atom. The maximum absolute atomic E-state index is 12.3. The van der Waals surface area contributed by atoms with Gasteiger partial charge in [-0.05, 0) is 19.3 Å². The highest BCUT2D eigenvalue weighted by molar-refractivity contribution is 4.99. The van der Waals surface area contributed by atoms with E-state index in [9.17, 15) is 17.6 Å². The molecule has 0 unspecified atom stereocenters. The first-order chi connectivity index (χ1) is 5.36. The molecule has 5 heteroatoms.